The number of carbonyl (C=O) groups excluding carboxylic acids is 2. The Morgan fingerprint density at radius 1 is 1.19 bits per heavy atom. The van der Waals surface area contributed by atoms with Crippen molar-refractivity contribution >= 4 is 34.0 Å². The van der Waals surface area contributed by atoms with Crippen molar-refractivity contribution in [3.63, 3.8) is 0 Å². The van der Waals surface area contributed by atoms with Crippen LogP contribution in [0, 0.1) is 6.92 Å². The minimum atomic E-state index is -0.330. The highest BCUT2D eigenvalue weighted by Crippen LogP contribution is 2.25. The van der Waals surface area contributed by atoms with Gasteiger partial charge in [-0.2, -0.15) is 0 Å². The number of para-hydroxylation sites is 1. The van der Waals surface area contributed by atoms with Crippen LogP contribution in [0.15, 0.2) is 41.2 Å². The van der Waals surface area contributed by atoms with Crippen LogP contribution in [0.25, 0.3) is 0 Å². The SMILES string of the molecule is Cc1oncc1C(=O)Nc1ccccc1CC(=O)Nc1ncc(C(C)C)s1. The van der Waals surface area contributed by atoms with Crippen molar-refractivity contribution in [1.82, 2.24) is 10.1 Å². The molecule has 0 saturated carbocycles. The number of aromatic nitrogens is 2. The predicted molar refractivity (Wildman–Crippen MR) is 104 cm³/mol. The highest BCUT2D eigenvalue weighted by molar-refractivity contribution is 7.15. The molecule has 1 aromatic carbocycles. The Morgan fingerprint density at radius 3 is 2.63 bits per heavy atom. The van der Waals surface area contributed by atoms with Gasteiger partial charge in [0.05, 0.1) is 12.6 Å². The van der Waals surface area contributed by atoms with Gasteiger partial charge >= 0.3 is 0 Å². The lowest BCUT2D eigenvalue weighted by Gasteiger charge is -2.10. The molecule has 0 bridgehead atoms. The first-order chi connectivity index (χ1) is 12.9. The first-order valence-corrected chi connectivity index (χ1v) is 9.31. The molecule has 140 valence electrons. The fraction of sp³-hybridized carbons (Fsp3) is 0.263. The molecule has 0 spiro atoms. The number of aryl methyl sites for hydroxylation is 1. The second kappa shape index (κ2) is 8.13. The van der Waals surface area contributed by atoms with Crippen molar-refractivity contribution in [2.45, 2.75) is 33.1 Å². The maximum absolute atomic E-state index is 12.4. The summed E-state index contributed by atoms with van der Waals surface area (Å²) in [6.07, 6.45) is 3.27. The average Bonchev–Trinajstić information content (AvgIpc) is 3.25. The number of anilines is 2. The van der Waals surface area contributed by atoms with Gasteiger partial charge in [-0.15, -0.1) is 11.3 Å². The Bertz CT molecular complexity index is 961. The molecule has 0 aliphatic rings. The van der Waals surface area contributed by atoms with Gasteiger partial charge in [0.1, 0.15) is 11.3 Å². The highest BCUT2D eigenvalue weighted by atomic mass is 32.1. The normalized spacial score (nSPS) is 10.8. The summed E-state index contributed by atoms with van der Waals surface area (Å²) in [6.45, 7) is 5.82. The van der Waals surface area contributed by atoms with Crippen LogP contribution in [-0.2, 0) is 11.2 Å². The van der Waals surface area contributed by atoms with Crippen LogP contribution in [0.2, 0.25) is 0 Å². The van der Waals surface area contributed by atoms with Gasteiger partial charge in [-0.25, -0.2) is 4.98 Å². The van der Waals surface area contributed by atoms with Gasteiger partial charge in [-0.3, -0.25) is 9.59 Å². The van der Waals surface area contributed by atoms with Gasteiger partial charge < -0.3 is 15.2 Å². The number of carbonyl (C=O) groups is 2. The van der Waals surface area contributed by atoms with Crippen LogP contribution in [0.3, 0.4) is 0 Å². The highest BCUT2D eigenvalue weighted by Gasteiger charge is 2.16. The third-order valence-corrected chi connectivity index (χ3v) is 5.16. The summed E-state index contributed by atoms with van der Waals surface area (Å²) in [6, 6.07) is 7.18. The summed E-state index contributed by atoms with van der Waals surface area (Å²) in [5, 5.41) is 9.81. The molecule has 0 aliphatic heterocycles. The van der Waals surface area contributed by atoms with Gasteiger partial charge in [0.15, 0.2) is 5.13 Å². The van der Waals surface area contributed by atoms with Gasteiger partial charge in [0.2, 0.25) is 5.91 Å². The number of hydrogen-bond acceptors (Lipinski definition) is 6. The Labute approximate surface area is 160 Å². The maximum atomic E-state index is 12.4. The third kappa shape index (κ3) is 4.59. The molecule has 0 fully saturated rings. The minimum Gasteiger partial charge on any atom is -0.361 e. The number of hydrogen-bond donors (Lipinski definition) is 2. The summed E-state index contributed by atoms with van der Waals surface area (Å²) >= 11 is 1.46. The van der Waals surface area contributed by atoms with E-state index in [-0.39, 0.29) is 18.2 Å². The third-order valence-electron chi connectivity index (χ3n) is 3.95. The fourth-order valence-corrected chi connectivity index (χ4v) is 3.29. The second-order valence-corrected chi connectivity index (χ2v) is 7.42. The lowest BCUT2D eigenvalue weighted by Crippen LogP contribution is -2.17. The fourth-order valence-electron chi connectivity index (χ4n) is 2.45. The molecule has 0 saturated heterocycles. The van der Waals surface area contributed by atoms with Crippen molar-refractivity contribution in [3.05, 3.63) is 58.4 Å². The molecule has 27 heavy (non-hydrogen) atoms. The van der Waals surface area contributed by atoms with Crippen LogP contribution in [-0.4, -0.2) is 22.0 Å². The Morgan fingerprint density at radius 2 is 1.96 bits per heavy atom. The summed E-state index contributed by atoms with van der Waals surface area (Å²) in [7, 11) is 0. The lowest BCUT2D eigenvalue weighted by atomic mass is 10.1. The van der Waals surface area contributed by atoms with E-state index in [1.807, 2.05) is 6.07 Å². The molecule has 0 atom stereocenters. The zero-order valence-electron chi connectivity index (χ0n) is 15.3. The van der Waals surface area contributed by atoms with E-state index in [1.165, 1.54) is 17.5 Å². The quantitative estimate of drug-likeness (QED) is 0.669. The van der Waals surface area contributed by atoms with E-state index in [0.717, 1.165) is 4.88 Å². The molecule has 2 aromatic heterocycles. The molecule has 0 unspecified atom stereocenters. The monoisotopic (exact) mass is 384 g/mol. The van der Waals surface area contributed by atoms with Crippen molar-refractivity contribution in [2.24, 2.45) is 0 Å². The molecule has 7 nitrogen and oxygen atoms in total. The van der Waals surface area contributed by atoms with Crippen LogP contribution in [0.5, 0.6) is 0 Å². The van der Waals surface area contributed by atoms with E-state index in [9.17, 15) is 9.59 Å². The van der Waals surface area contributed by atoms with Crippen LogP contribution >= 0.6 is 11.3 Å². The maximum Gasteiger partial charge on any atom is 0.260 e. The molecule has 2 heterocycles. The standard InChI is InChI=1S/C19H20N4O3S/c1-11(2)16-10-20-19(27-16)23-17(24)8-13-6-4-5-7-15(13)22-18(25)14-9-21-26-12(14)3/h4-7,9-11H,8H2,1-3H3,(H,22,25)(H,20,23,24). The number of nitrogens with one attached hydrogen (secondary N) is 2. The molecule has 0 aliphatic carbocycles. The first-order valence-electron chi connectivity index (χ1n) is 8.50. The first kappa shape index (κ1) is 18.8. The van der Waals surface area contributed by atoms with Crippen LogP contribution in [0.1, 0.15) is 46.3 Å². The molecule has 2 amide bonds. The summed E-state index contributed by atoms with van der Waals surface area (Å²) in [4.78, 5) is 30.1. The van der Waals surface area contributed by atoms with Crippen LogP contribution in [0.4, 0.5) is 10.8 Å². The predicted octanol–water partition coefficient (Wildman–Crippen LogP) is 4.00. The number of benzene rings is 1. The summed E-state index contributed by atoms with van der Waals surface area (Å²) in [5.41, 5.74) is 1.64. The van der Waals surface area contributed by atoms with Gasteiger partial charge in [0, 0.05) is 16.8 Å². The van der Waals surface area contributed by atoms with Crippen molar-refractivity contribution in [2.75, 3.05) is 10.6 Å². The van der Waals surface area contributed by atoms with E-state index in [0.29, 0.717) is 33.6 Å². The summed E-state index contributed by atoms with van der Waals surface area (Å²) < 4.78 is 4.92. The zero-order valence-corrected chi connectivity index (χ0v) is 16.1. The minimum absolute atomic E-state index is 0.121. The van der Waals surface area contributed by atoms with E-state index < -0.39 is 0 Å². The number of nitrogens with zero attached hydrogens (tertiary/aromatic N) is 2. The van der Waals surface area contributed by atoms with Crippen LogP contribution < -0.4 is 10.6 Å². The smallest absolute Gasteiger partial charge is 0.260 e. The molecule has 8 heteroatoms. The van der Waals surface area contributed by atoms with Gasteiger partial charge in [0.25, 0.3) is 5.91 Å². The van der Waals surface area contributed by atoms with Crippen molar-refractivity contribution < 1.29 is 14.1 Å². The van der Waals surface area contributed by atoms with E-state index in [1.54, 1.807) is 31.3 Å². The largest absolute Gasteiger partial charge is 0.361 e. The molecular weight excluding hydrogens is 364 g/mol. The van der Waals surface area contributed by atoms with Gasteiger partial charge in [-0.05, 0) is 24.5 Å². The number of amides is 2. The zero-order chi connectivity index (χ0) is 19.4. The van der Waals surface area contributed by atoms with Crippen molar-refractivity contribution in [1.29, 1.82) is 0 Å². The van der Waals surface area contributed by atoms with E-state index in [2.05, 4.69) is 34.6 Å². The molecule has 3 aromatic rings. The molecule has 3 rings (SSSR count). The molecular formula is C19H20N4O3S. The Balaban J connectivity index is 1.69. The Hall–Kier alpha value is -3.00. The molecule has 2 N–H and O–H groups in total. The Kier molecular flexibility index (Phi) is 5.66. The molecule has 0 radical (unpaired) electrons. The number of rotatable bonds is 6. The number of thiazole rings is 1. The van der Waals surface area contributed by atoms with E-state index in [4.69, 9.17) is 4.52 Å². The van der Waals surface area contributed by atoms with Crippen molar-refractivity contribution in [3.8, 4) is 0 Å². The summed E-state index contributed by atoms with van der Waals surface area (Å²) in [5.74, 6) is 0.281. The van der Waals surface area contributed by atoms with Gasteiger partial charge in [-0.1, -0.05) is 37.2 Å². The topological polar surface area (TPSA) is 97.1 Å². The second-order valence-electron chi connectivity index (χ2n) is 6.35. The average molecular weight is 384 g/mol. The lowest BCUT2D eigenvalue weighted by molar-refractivity contribution is -0.115. The van der Waals surface area contributed by atoms with E-state index >= 15 is 0 Å².